The Morgan fingerprint density at radius 3 is 3.10 bits per heavy atom. The second-order valence-corrected chi connectivity index (χ2v) is 6.97. The molecule has 1 aromatic heterocycles. The van der Waals surface area contributed by atoms with E-state index in [1.807, 2.05) is 13.2 Å². The summed E-state index contributed by atoms with van der Waals surface area (Å²) < 4.78 is 6.13. The Bertz CT molecular complexity index is 625. The summed E-state index contributed by atoms with van der Waals surface area (Å²) in [6.45, 7) is 2.26. The number of hydrogen-bond acceptors (Lipinski definition) is 4. The minimum absolute atomic E-state index is 0.284. The molecule has 4 unspecified atom stereocenters. The molecule has 0 bridgehead atoms. The third-order valence-corrected chi connectivity index (χ3v) is 6.24. The van der Waals surface area contributed by atoms with E-state index in [0.717, 1.165) is 12.2 Å². The summed E-state index contributed by atoms with van der Waals surface area (Å²) in [7, 11) is 4.03. The van der Waals surface area contributed by atoms with Gasteiger partial charge in [-0.05, 0) is 37.4 Å². The van der Waals surface area contributed by atoms with Crippen molar-refractivity contribution in [1.29, 1.82) is 5.26 Å². The van der Waals surface area contributed by atoms with Crippen LogP contribution >= 0.6 is 0 Å². The van der Waals surface area contributed by atoms with Crippen molar-refractivity contribution in [2.24, 2.45) is 17.3 Å². The van der Waals surface area contributed by atoms with Gasteiger partial charge >= 0.3 is 0 Å². The Hall–Kier alpha value is -1.44. The van der Waals surface area contributed by atoms with Gasteiger partial charge in [-0.2, -0.15) is 5.26 Å². The molecule has 110 valence electrons. The Morgan fingerprint density at radius 1 is 1.48 bits per heavy atom. The van der Waals surface area contributed by atoms with Crippen LogP contribution in [-0.2, 0) is 10.3 Å². The Kier molecular flexibility index (Phi) is 2.70. The molecule has 4 rings (SSSR count). The highest BCUT2D eigenvalue weighted by Crippen LogP contribution is 2.73. The van der Waals surface area contributed by atoms with Crippen LogP contribution in [0.15, 0.2) is 18.3 Å². The first-order valence-electron chi connectivity index (χ1n) is 7.78. The molecule has 3 fully saturated rings. The van der Waals surface area contributed by atoms with Gasteiger partial charge < -0.3 is 9.64 Å². The maximum atomic E-state index is 9.18. The molecule has 0 N–H and O–H groups in total. The number of ether oxygens (including phenoxy) is 1. The highest BCUT2D eigenvalue weighted by atomic mass is 16.5. The standard InChI is InChI=1S/C17H21N3O/c1-20-10-14-16(11-20)6-3-4-13(16)17(14,21-2)15-8-12(9-18)5-7-19-15/h5,7-8,13-14H,3-4,6,10-11H2,1-2H3. The summed E-state index contributed by atoms with van der Waals surface area (Å²) in [6.07, 6.45) is 5.58. The minimum atomic E-state index is -0.284. The van der Waals surface area contributed by atoms with Crippen LogP contribution in [0.5, 0.6) is 0 Å². The predicted molar refractivity (Wildman–Crippen MR) is 78.4 cm³/mol. The number of nitrogens with zero attached hydrogens (tertiary/aromatic N) is 3. The summed E-state index contributed by atoms with van der Waals surface area (Å²) >= 11 is 0. The van der Waals surface area contributed by atoms with Crippen molar-refractivity contribution in [2.45, 2.75) is 24.9 Å². The largest absolute Gasteiger partial charge is 0.371 e. The van der Waals surface area contributed by atoms with Crippen molar-refractivity contribution < 1.29 is 4.74 Å². The lowest BCUT2D eigenvalue weighted by Gasteiger charge is -2.62. The molecule has 2 heterocycles. The van der Waals surface area contributed by atoms with E-state index in [1.54, 1.807) is 12.3 Å². The zero-order valence-corrected chi connectivity index (χ0v) is 12.7. The van der Waals surface area contributed by atoms with E-state index < -0.39 is 0 Å². The smallest absolute Gasteiger partial charge is 0.118 e. The lowest BCUT2D eigenvalue weighted by Crippen LogP contribution is -2.65. The topological polar surface area (TPSA) is 49.1 Å². The van der Waals surface area contributed by atoms with Crippen LogP contribution in [0.2, 0.25) is 0 Å². The van der Waals surface area contributed by atoms with E-state index in [9.17, 15) is 5.26 Å². The molecule has 1 spiro atoms. The molecule has 4 heteroatoms. The molecule has 1 saturated heterocycles. The van der Waals surface area contributed by atoms with Crippen molar-refractivity contribution in [3.8, 4) is 6.07 Å². The fourth-order valence-electron chi connectivity index (χ4n) is 5.68. The van der Waals surface area contributed by atoms with Crippen LogP contribution < -0.4 is 0 Å². The van der Waals surface area contributed by atoms with E-state index in [2.05, 4.69) is 23.0 Å². The maximum Gasteiger partial charge on any atom is 0.118 e. The van der Waals surface area contributed by atoms with Crippen molar-refractivity contribution >= 4 is 0 Å². The van der Waals surface area contributed by atoms with E-state index in [1.165, 1.54) is 25.8 Å². The van der Waals surface area contributed by atoms with Gasteiger partial charge in [-0.1, -0.05) is 6.42 Å². The molecule has 2 saturated carbocycles. The number of methoxy groups -OCH3 is 1. The number of rotatable bonds is 2. The van der Waals surface area contributed by atoms with Crippen LogP contribution in [0.4, 0.5) is 0 Å². The average molecular weight is 283 g/mol. The van der Waals surface area contributed by atoms with Gasteiger partial charge in [0.15, 0.2) is 0 Å². The van der Waals surface area contributed by atoms with E-state index in [0.29, 0.717) is 22.8 Å². The van der Waals surface area contributed by atoms with Crippen LogP contribution in [-0.4, -0.2) is 37.1 Å². The Balaban J connectivity index is 1.83. The fourth-order valence-corrected chi connectivity index (χ4v) is 5.68. The van der Waals surface area contributed by atoms with Gasteiger partial charge in [0.1, 0.15) is 5.60 Å². The highest BCUT2D eigenvalue weighted by Gasteiger charge is 2.75. The second kappa shape index (κ2) is 4.28. The number of pyridine rings is 1. The quantitative estimate of drug-likeness (QED) is 0.834. The van der Waals surface area contributed by atoms with Crippen LogP contribution in [0, 0.1) is 28.6 Å². The zero-order valence-electron chi connectivity index (χ0n) is 12.7. The predicted octanol–water partition coefficient (Wildman–Crippen LogP) is 2.16. The van der Waals surface area contributed by atoms with Gasteiger partial charge in [-0.15, -0.1) is 0 Å². The van der Waals surface area contributed by atoms with Crippen molar-refractivity contribution in [2.75, 3.05) is 27.2 Å². The number of likely N-dealkylation sites (tertiary alicyclic amines) is 1. The molecule has 0 amide bonds. The van der Waals surface area contributed by atoms with Crippen molar-refractivity contribution in [3.63, 3.8) is 0 Å². The first-order chi connectivity index (χ1) is 10.2. The molecule has 4 atom stereocenters. The monoisotopic (exact) mass is 283 g/mol. The molecule has 2 aliphatic carbocycles. The van der Waals surface area contributed by atoms with Crippen LogP contribution in [0.3, 0.4) is 0 Å². The molecule has 1 aromatic rings. The summed E-state index contributed by atoms with van der Waals surface area (Å²) in [5, 5.41) is 9.18. The third-order valence-electron chi connectivity index (χ3n) is 6.24. The van der Waals surface area contributed by atoms with E-state index >= 15 is 0 Å². The van der Waals surface area contributed by atoms with Gasteiger partial charge in [0.25, 0.3) is 0 Å². The number of nitriles is 1. The summed E-state index contributed by atoms with van der Waals surface area (Å²) in [5.74, 6) is 1.06. The summed E-state index contributed by atoms with van der Waals surface area (Å²) in [5.41, 5.74) is 1.79. The molecule has 3 aliphatic rings. The first-order valence-corrected chi connectivity index (χ1v) is 7.78. The summed E-state index contributed by atoms with van der Waals surface area (Å²) in [4.78, 5) is 7.04. The van der Waals surface area contributed by atoms with E-state index in [-0.39, 0.29) is 5.60 Å². The van der Waals surface area contributed by atoms with Gasteiger partial charge in [0, 0.05) is 38.2 Å². The van der Waals surface area contributed by atoms with Gasteiger partial charge in [0.2, 0.25) is 0 Å². The number of aromatic nitrogens is 1. The molecule has 4 nitrogen and oxygen atoms in total. The molecule has 0 radical (unpaired) electrons. The van der Waals surface area contributed by atoms with Gasteiger partial charge in [0.05, 0.1) is 17.3 Å². The Morgan fingerprint density at radius 2 is 2.33 bits per heavy atom. The molecular weight excluding hydrogens is 262 g/mol. The van der Waals surface area contributed by atoms with Crippen molar-refractivity contribution in [3.05, 3.63) is 29.6 Å². The lowest BCUT2D eigenvalue weighted by molar-refractivity contribution is -0.245. The number of hydrogen-bond donors (Lipinski definition) is 0. The minimum Gasteiger partial charge on any atom is -0.371 e. The van der Waals surface area contributed by atoms with Gasteiger partial charge in [-0.3, -0.25) is 4.98 Å². The second-order valence-electron chi connectivity index (χ2n) is 6.97. The zero-order chi connectivity index (χ0) is 14.7. The van der Waals surface area contributed by atoms with Crippen molar-refractivity contribution in [1.82, 2.24) is 9.88 Å². The Labute approximate surface area is 125 Å². The molecule has 1 aliphatic heterocycles. The molecule has 0 aromatic carbocycles. The van der Waals surface area contributed by atoms with Crippen LogP contribution in [0.1, 0.15) is 30.5 Å². The molecule has 21 heavy (non-hydrogen) atoms. The maximum absolute atomic E-state index is 9.18. The third kappa shape index (κ3) is 1.43. The lowest BCUT2D eigenvalue weighted by atomic mass is 9.45. The SMILES string of the molecule is COC1(c2cc(C#N)ccn2)C2CCCC23CN(C)CC31. The molecular formula is C17H21N3O. The van der Waals surface area contributed by atoms with Gasteiger partial charge in [-0.25, -0.2) is 0 Å². The van der Waals surface area contributed by atoms with E-state index in [4.69, 9.17) is 4.74 Å². The highest BCUT2D eigenvalue weighted by molar-refractivity contribution is 5.37. The fraction of sp³-hybridized carbons (Fsp3) is 0.647. The summed E-state index contributed by atoms with van der Waals surface area (Å²) in [6, 6.07) is 5.94. The normalized spacial score (nSPS) is 41.2. The first kappa shape index (κ1) is 13.2. The van der Waals surface area contributed by atoms with Crippen LogP contribution in [0.25, 0.3) is 0 Å². The average Bonchev–Trinajstić information content (AvgIpc) is 3.02.